The summed E-state index contributed by atoms with van der Waals surface area (Å²) in [6.45, 7) is 4.11. The third-order valence-corrected chi connectivity index (χ3v) is 7.62. The Morgan fingerprint density at radius 3 is 2.47 bits per heavy atom. The van der Waals surface area contributed by atoms with Crippen molar-refractivity contribution in [1.29, 1.82) is 0 Å². The molecule has 1 saturated heterocycles. The summed E-state index contributed by atoms with van der Waals surface area (Å²) < 4.78 is 19.1. The van der Waals surface area contributed by atoms with E-state index in [-0.39, 0.29) is 18.6 Å². The Hall–Kier alpha value is -2.73. The SMILES string of the molecule is CC1(C)Oc2c(Cc3ccccc3)cc(Cl)cc2[C@H]2O[C@@H](COc3ccc(Cl)cc3)[C@H](C(=O)O)C[C@@H]21. The average Bonchev–Trinajstić information content (AvgIpc) is 2.84. The number of carbonyl (C=O) groups is 1. The van der Waals surface area contributed by atoms with Crippen LogP contribution in [0.5, 0.6) is 11.5 Å². The molecule has 0 amide bonds. The number of hydrogen-bond donors (Lipinski definition) is 1. The Labute approximate surface area is 220 Å². The first-order chi connectivity index (χ1) is 17.2. The molecule has 0 radical (unpaired) electrons. The standard InChI is InChI=1S/C29H28Cl2O5/c1-29(2)24-15-22(28(32)33)25(16-34-21-10-8-19(30)9-11-21)35-27(24)23-14-20(31)13-18(26(23)36-29)12-17-6-4-3-5-7-17/h3-11,13-14,22,24-25,27H,12,15-16H2,1-2H3,(H,32,33)/t22-,24+,25+,27-/m1/s1. The van der Waals surface area contributed by atoms with Crippen molar-refractivity contribution in [3.05, 3.63) is 93.5 Å². The molecule has 188 valence electrons. The van der Waals surface area contributed by atoms with Crippen LogP contribution >= 0.6 is 23.2 Å². The fourth-order valence-electron chi connectivity index (χ4n) is 5.28. The molecule has 2 heterocycles. The van der Waals surface area contributed by atoms with E-state index in [9.17, 15) is 9.90 Å². The molecule has 36 heavy (non-hydrogen) atoms. The minimum atomic E-state index is -0.907. The van der Waals surface area contributed by atoms with Gasteiger partial charge in [-0.15, -0.1) is 0 Å². The molecule has 0 bridgehead atoms. The van der Waals surface area contributed by atoms with Gasteiger partial charge in [-0.05, 0) is 62.2 Å². The zero-order valence-corrected chi connectivity index (χ0v) is 21.6. The van der Waals surface area contributed by atoms with Gasteiger partial charge >= 0.3 is 5.97 Å². The van der Waals surface area contributed by atoms with E-state index in [1.54, 1.807) is 24.3 Å². The molecule has 3 aromatic rings. The molecule has 2 aliphatic heterocycles. The maximum atomic E-state index is 12.2. The van der Waals surface area contributed by atoms with Crippen LogP contribution < -0.4 is 9.47 Å². The number of hydrogen-bond acceptors (Lipinski definition) is 4. The fourth-order valence-corrected chi connectivity index (χ4v) is 5.66. The van der Waals surface area contributed by atoms with Crippen LogP contribution in [0.25, 0.3) is 0 Å². The Morgan fingerprint density at radius 2 is 1.78 bits per heavy atom. The third kappa shape index (κ3) is 5.06. The van der Waals surface area contributed by atoms with Crippen molar-refractivity contribution in [3.8, 4) is 11.5 Å². The molecule has 0 saturated carbocycles. The van der Waals surface area contributed by atoms with Crippen LogP contribution in [0.15, 0.2) is 66.7 Å². The lowest BCUT2D eigenvalue weighted by Crippen LogP contribution is -2.53. The first-order valence-corrected chi connectivity index (χ1v) is 12.8. The Morgan fingerprint density at radius 1 is 1.06 bits per heavy atom. The van der Waals surface area contributed by atoms with E-state index in [1.807, 2.05) is 44.2 Å². The number of halogens is 2. The highest BCUT2D eigenvalue weighted by molar-refractivity contribution is 6.31. The van der Waals surface area contributed by atoms with Crippen molar-refractivity contribution in [3.63, 3.8) is 0 Å². The lowest BCUT2D eigenvalue weighted by Gasteiger charge is -2.50. The molecule has 4 atom stereocenters. The van der Waals surface area contributed by atoms with Gasteiger partial charge in [0.2, 0.25) is 0 Å². The van der Waals surface area contributed by atoms with Crippen molar-refractivity contribution in [2.24, 2.45) is 11.8 Å². The number of aliphatic carboxylic acids is 1. The molecule has 1 fully saturated rings. The number of benzene rings is 3. The number of rotatable bonds is 6. The average molecular weight is 527 g/mol. The van der Waals surface area contributed by atoms with Crippen molar-refractivity contribution in [1.82, 2.24) is 0 Å². The Bertz CT molecular complexity index is 1240. The van der Waals surface area contributed by atoms with Crippen LogP contribution in [0.3, 0.4) is 0 Å². The van der Waals surface area contributed by atoms with Gasteiger partial charge in [-0.3, -0.25) is 4.79 Å². The van der Waals surface area contributed by atoms with Crippen molar-refractivity contribution >= 4 is 29.2 Å². The van der Waals surface area contributed by atoms with Gasteiger partial charge in [0, 0.05) is 33.5 Å². The maximum Gasteiger partial charge on any atom is 0.309 e. The lowest BCUT2D eigenvalue weighted by atomic mass is 9.71. The molecule has 1 N–H and O–H groups in total. The van der Waals surface area contributed by atoms with E-state index in [0.717, 1.165) is 22.4 Å². The number of ether oxygens (including phenoxy) is 3. The van der Waals surface area contributed by atoms with Crippen LogP contribution in [-0.2, 0) is 16.0 Å². The smallest absolute Gasteiger partial charge is 0.309 e. The monoisotopic (exact) mass is 526 g/mol. The summed E-state index contributed by atoms with van der Waals surface area (Å²) in [6.07, 6.45) is 0.0591. The second-order valence-electron chi connectivity index (χ2n) is 10.00. The van der Waals surface area contributed by atoms with Crippen LogP contribution in [0.1, 0.15) is 43.1 Å². The maximum absolute atomic E-state index is 12.2. The number of fused-ring (bicyclic) bond motifs is 3. The molecule has 0 aromatic heterocycles. The largest absolute Gasteiger partial charge is 0.491 e. The predicted molar refractivity (Wildman–Crippen MR) is 139 cm³/mol. The van der Waals surface area contributed by atoms with Crippen LogP contribution in [0.2, 0.25) is 10.0 Å². The van der Waals surface area contributed by atoms with Crippen LogP contribution in [0.4, 0.5) is 0 Å². The Kier molecular flexibility index (Phi) is 6.90. The summed E-state index contributed by atoms with van der Waals surface area (Å²) in [5.41, 5.74) is 2.36. The van der Waals surface area contributed by atoms with Gasteiger partial charge in [-0.1, -0.05) is 53.5 Å². The molecule has 7 heteroatoms. The predicted octanol–water partition coefficient (Wildman–Crippen LogP) is 6.98. The molecular formula is C29H28Cl2O5. The van der Waals surface area contributed by atoms with Crippen molar-refractivity contribution in [2.75, 3.05) is 6.61 Å². The Balaban J connectivity index is 1.48. The van der Waals surface area contributed by atoms with Gasteiger partial charge in [0.1, 0.15) is 29.8 Å². The van der Waals surface area contributed by atoms with Gasteiger partial charge in [0.25, 0.3) is 0 Å². The molecule has 3 aromatic carbocycles. The van der Waals surface area contributed by atoms with E-state index >= 15 is 0 Å². The highest BCUT2D eigenvalue weighted by Gasteiger charge is 2.52. The second kappa shape index (κ2) is 9.97. The van der Waals surface area contributed by atoms with Crippen LogP contribution in [-0.4, -0.2) is 29.4 Å². The minimum absolute atomic E-state index is 0.107. The van der Waals surface area contributed by atoms with Gasteiger partial charge in [0.05, 0.1) is 12.0 Å². The molecular weight excluding hydrogens is 499 g/mol. The third-order valence-electron chi connectivity index (χ3n) is 7.15. The number of carboxylic acids is 1. The van der Waals surface area contributed by atoms with Gasteiger partial charge in [-0.25, -0.2) is 0 Å². The zero-order valence-electron chi connectivity index (χ0n) is 20.1. The van der Waals surface area contributed by atoms with E-state index in [1.165, 1.54) is 0 Å². The quantitative estimate of drug-likeness (QED) is 0.375. The molecule has 0 spiro atoms. The zero-order chi connectivity index (χ0) is 25.4. The summed E-state index contributed by atoms with van der Waals surface area (Å²) in [7, 11) is 0. The highest BCUT2D eigenvalue weighted by atomic mass is 35.5. The molecule has 0 aliphatic carbocycles. The van der Waals surface area contributed by atoms with E-state index < -0.39 is 23.6 Å². The van der Waals surface area contributed by atoms with Gasteiger partial charge < -0.3 is 19.3 Å². The number of carboxylic acid groups (broad SMARTS) is 1. The fraction of sp³-hybridized carbons (Fsp3) is 0.345. The topological polar surface area (TPSA) is 65.0 Å². The van der Waals surface area contributed by atoms with E-state index in [0.29, 0.717) is 28.6 Å². The van der Waals surface area contributed by atoms with Gasteiger partial charge in [0.15, 0.2) is 0 Å². The summed E-state index contributed by atoms with van der Waals surface area (Å²) in [4.78, 5) is 12.2. The van der Waals surface area contributed by atoms with Crippen molar-refractivity contribution in [2.45, 2.75) is 44.5 Å². The summed E-state index contributed by atoms with van der Waals surface area (Å²) in [5.74, 6) is -0.432. The van der Waals surface area contributed by atoms with Crippen molar-refractivity contribution < 1.29 is 24.1 Å². The van der Waals surface area contributed by atoms with Crippen LogP contribution in [0, 0.1) is 11.8 Å². The first-order valence-electron chi connectivity index (χ1n) is 12.0. The van der Waals surface area contributed by atoms with E-state index in [2.05, 4.69) is 12.1 Å². The normalized spacial score (nSPS) is 24.2. The van der Waals surface area contributed by atoms with Gasteiger partial charge in [-0.2, -0.15) is 0 Å². The second-order valence-corrected chi connectivity index (χ2v) is 10.9. The van der Waals surface area contributed by atoms with E-state index in [4.69, 9.17) is 37.4 Å². The highest BCUT2D eigenvalue weighted by Crippen LogP contribution is 2.53. The lowest BCUT2D eigenvalue weighted by molar-refractivity contribution is -0.192. The summed E-state index contributed by atoms with van der Waals surface area (Å²) in [5, 5.41) is 11.2. The molecule has 5 rings (SSSR count). The molecule has 5 nitrogen and oxygen atoms in total. The first kappa shape index (κ1) is 24.9. The molecule has 2 aliphatic rings. The minimum Gasteiger partial charge on any atom is -0.491 e. The summed E-state index contributed by atoms with van der Waals surface area (Å²) >= 11 is 12.6. The molecule has 0 unspecified atom stereocenters. The summed E-state index contributed by atoms with van der Waals surface area (Å²) in [6, 6.07) is 21.0.